The molecule has 1 aliphatic heterocycles. The molecule has 1 aromatic rings. The summed E-state index contributed by atoms with van der Waals surface area (Å²) in [6.07, 6.45) is 1.04. The number of nitrogens with two attached hydrogens (primary N) is 1. The van der Waals surface area contributed by atoms with Crippen molar-refractivity contribution in [3.63, 3.8) is 0 Å². The first-order valence-corrected chi connectivity index (χ1v) is 6.18. The zero-order valence-corrected chi connectivity index (χ0v) is 10.6. The van der Waals surface area contributed by atoms with Crippen LogP contribution in [-0.4, -0.2) is 19.8 Å². The van der Waals surface area contributed by atoms with E-state index in [1.165, 1.54) is 0 Å². The number of benzene rings is 1. The standard InChI is InChI=1S/C14H21NO2/c1-11(2)14(9-16-10-14)6-7-17-13-5-3-4-12(15)8-13/h3-5,8,11H,6-7,9-10,15H2,1-2H3. The second-order valence-corrected chi connectivity index (χ2v) is 5.18. The van der Waals surface area contributed by atoms with E-state index in [1.54, 1.807) is 0 Å². The summed E-state index contributed by atoms with van der Waals surface area (Å²) in [5, 5.41) is 0. The molecule has 0 amide bonds. The summed E-state index contributed by atoms with van der Waals surface area (Å²) in [5.74, 6) is 1.49. The molecule has 1 heterocycles. The highest BCUT2D eigenvalue weighted by Gasteiger charge is 2.41. The predicted octanol–water partition coefficient (Wildman–Crippen LogP) is 2.71. The minimum absolute atomic E-state index is 0.320. The lowest BCUT2D eigenvalue weighted by molar-refractivity contribution is -0.146. The van der Waals surface area contributed by atoms with Gasteiger partial charge in [-0.15, -0.1) is 0 Å². The molecule has 0 aromatic heterocycles. The van der Waals surface area contributed by atoms with Crippen LogP contribution in [0.2, 0.25) is 0 Å². The van der Waals surface area contributed by atoms with E-state index in [-0.39, 0.29) is 0 Å². The van der Waals surface area contributed by atoms with E-state index in [1.807, 2.05) is 24.3 Å². The van der Waals surface area contributed by atoms with Crippen LogP contribution in [0.5, 0.6) is 5.75 Å². The van der Waals surface area contributed by atoms with Crippen molar-refractivity contribution in [2.45, 2.75) is 20.3 Å². The van der Waals surface area contributed by atoms with Crippen LogP contribution in [0.3, 0.4) is 0 Å². The molecule has 17 heavy (non-hydrogen) atoms. The van der Waals surface area contributed by atoms with Crippen LogP contribution in [0.4, 0.5) is 5.69 Å². The predicted molar refractivity (Wildman–Crippen MR) is 69.1 cm³/mol. The number of anilines is 1. The van der Waals surface area contributed by atoms with Crippen molar-refractivity contribution in [2.75, 3.05) is 25.6 Å². The summed E-state index contributed by atoms with van der Waals surface area (Å²) < 4.78 is 11.1. The van der Waals surface area contributed by atoms with Gasteiger partial charge in [-0.25, -0.2) is 0 Å². The van der Waals surface area contributed by atoms with Gasteiger partial charge in [0.2, 0.25) is 0 Å². The summed E-state index contributed by atoms with van der Waals surface area (Å²) in [6.45, 7) is 6.97. The molecule has 0 radical (unpaired) electrons. The lowest BCUT2D eigenvalue weighted by Gasteiger charge is -2.45. The van der Waals surface area contributed by atoms with Crippen molar-refractivity contribution >= 4 is 5.69 Å². The van der Waals surface area contributed by atoms with Crippen molar-refractivity contribution in [3.8, 4) is 5.75 Å². The Morgan fingerprint density at radius 1 is 1.41 bits per heavy atom. The topological polar surface area (TPSA) is 44.5 Å². The summed E-state index contributed by atoms with van der Waals surface area (Å²) >= 11 is 0. The molecule has 0 atom stereocenters. The minimum Gasteiger partial charge on any atom is -0.493 e. The maximum absolute atomic E-state index is 5.73. The number of nitrogen functional groups attached to an aromatic ring is 1. The zero-order chi connectivity index (χ0) is 12.3. The highest BCUT2D eigenvalue weighted by atomic mass is 16.5. The molecule has 1 aromatic carbocycles. The first-order chi connectivity index (χ1) is 8.12. The first-order valence-electron chi connectivity index (χ1n) is 6.18. The Morgan fingerprint density at radius 3 is 2.71 bits per heavy atom. The average Bonchev–Trinajstić information content (AvgIpc) is 2.21. The van der Waals surface area contributed by atoms with Crippen LogP contribution in [0, 0.1) is 11.3 Å². The summed E-state index contributed by atoms with van der Waals surface area (Å²) in [4.78, 5) is 0. The number of hydrogen-bond acceptors (Lipinski definition) is 3. The molecule has 1 fully saturated rings. The molecule has 0 unspecified atom stereocenters. The molecule has 2 rings (SSSR count). The van der Waals surface area contributed by atoms with Gasteiger partial charge in [0.1, 0.15) is 5.75 Å². The quantitative estimate of drug-likeness (QED) is 0.798. The van der Waals surface area contributed by atoms with Gasteiger partial charge in [-0.1, -0.05) is 19.9 Å². The van der Waals surface area contributed by atoms with Crippen molar-refractivity contribution in [1.82, 2.24) is 0 Å². The van der Waals surface area contributed by atoms with Crippen molar-refractivity contribution in [1.29, 1.82) is 0 Å². The third-order valence-electron chi connectivity index (χ3n) is 3.73. The molecule has 1 aliphatic rings. The Balaban J connectivity index is 1.83. The zero-order valence-electron chi connectivity index (χ0n) is 10.6. The van der Waals surface area contributed by atoms with Crippen LogP contribution in [0.25, 0.3) is 0 Å². The second-order valence-electron chi connectivity index (χ2n) is 5.18. The maximum atomic E-state index is 5.73. The number of hydrogen-bond donors (Lipinski definition) is 1. The maximum Gasteiger partial charge on any atom is 0.121 e. The molecular weight excluding hydrogens is 214 g/mol. The van der Waals surface area contributed by atoms with E-state index in [2.05, 4.69) is 13.8 Å². The van der Waals surface area contributed by atoms with E-state index >= 15 is 0 Å². The van der Waals surface area contributed by atoms with E-state index in [0.717, 1.165) is 37.7 Å². The molecule has 2 N–H and O–H groups in total. The Morgan fingerprint density at radius 2 is 2.18 bits per heavy atom. The fourth-order valence-electron chi connectivity index (χ4n) is 2.11. The highest BCUT2D eigenvalue weighted by Crippen LogP contribution is 2.39. The lowest BCUT2D eigenvalue weighted by atomic mass is 9.73. The van der Waals surface area contributed by atoms with Crippen LogP contribution >= 0.6 is 0 Å². The Bertz CT molecular complexity index is 372. The van der Waals surface area contributed by atoms with Gasteiger partial charge >= 0.3 is 0 Å². The van der Waals surface area contributed by atoms with E-state index < -0.39 is 0 Å². The Kier molecular flexibility index (Phi) is 3.57. The van der Waals surface area contributed by atoms with Gasteiger partial charge in [0.25, 0.3) is 0 Å². The third-order valence-corrected chi connectivity index (χ3v) is 3.73. The van der Waals surface area contributed by atoms with Gasteiger partial charge in [-0.05, 0) is 24.5 Å². The smallest absolute Gasteiger partial charge is 0.121 e. The largest absolute Gasteiger partial charge is 0.493 e. The lowest BCUT2D eigenvalue weighted by Crippen LogP contribution is -2.47. The monoisotopic (exact) mass is 235 g/mol. The number of ether oxygens (including phenoxy) is 2. The van der Waals surface area contributed by atoms with Gasteiger partial charge in [0, 0.05) is 17.2 Å². The Labute approximate surface area is 103 Å². The molecule has 1 saturated heterocycles. The van der Waals surface area contributed by atoms with Crippen LogP contribution in [0.1, 0.15) is 20.3 Å². The average molecular weight is 235 g/mol. The minimum atomic E-state index is 0.320. The fourth-order valence-corrected chi connectivity index (χ4v) is 2.11. The second kappa shape index (κ2) is 4.96. The van der Waals surface area contributed by atoms with E-state index in [9.17, 15) is 0 Å². The Hall–Kier alpha value is -1.22. The first kappa shape index (κ1) is 12.2. The molecule has 3 nitrogen and oxygen atoms in total. The van der Waals surface area contributed by atoms with Gasteiger partial charge in [-0.3, -0.25) is 0 Å². The third kappa shape index (κ3) is 2.72. The summed E-state index contributed by atoms with van der Waals surface area (Å²) in [5.41, 5.74) is 6.77. The number of rotatable bonds is 5. The normalized spacial score (nSPS) is 17.8. The van der Waals surface area contributed by atoms with Gasteiger partial charge in [0.15, 0.2) is 0 Å². The molecule has 0 bridgehead atoms. The van der Waals surface area contributed by atoms with Gasteiger partial charge in [0.05, 0.1) is 19.8 Å². The molecule has 0 saturated carbocycles. The van der Waals surface area contributed by atoms with Crippen molar-refractivity contribution in [2.24, 2.45) is 11.3 Å². The molecule has 0 aliphatic carbocycles. The highest BCUT2D eigenvalue weighted by molar-refractivity contribution is 5.43. The molecule has 0 spiro atoms. The van der Waals surface area contributed by atoms with Crippen molar-refractivity contribution < 1.29 is 9.47 Å². The summed E-state index contributed by atoms with van der Waals surface area (Å²) in [7, 11) is 0. The van der Waals surface area contributed by atoms with E-state index in [4.69, 9.17) is 15.2 Å². The molecule has 94 valence electrons. The van der Waals surface area contributed by atoms with Gasteiger partial charge in [-0.2, -0.15) is 0 Å². The van der Waals surface area contributed by atoms with Crippen LogP contribution in [-0.2, 0) is 4.74 Å². The molecule has 3 heteroatoms. The van der Waals surface area contributed by atoms with Crippen molar-refractivity contribution in [3.05, 3.63) is 24.3 Å². The van der Waals surface area contributed by atoms with E-state index in [0.29, 0.717) is 11.3 Å². The molecular formula is C14H21NO2. The van der Waals surface area contributed by atoms with Gasteiger partial charge < -0.3 is 15.2 Å². The van der Waals surface area contributed by atoms with Crippen LogP contribution < -0.4 is 10.5 Å². The summed E-state index contributed by atoms with van der Waals surface area (Å²) in [6, 6.07) is 7.58. The van der Waals surface area contributed by atoms with Crippen LogP contribution in [0.15, 0.2) is 24.3 Å². The SMILES string of the molecule is CC(C)C1(CCOc2cccc(N)c2)COC1. The fraction of sp³-hybridized carbons (Fsp3) is 0.571.